The number of aromatic amines is 1. The maximum absolute atomic E-state index is 9.96. The SMILES string of the molecule is BrCc1cccc[nH+]1.[2H]CF.[Br-].[Cl-].c1ccc(P(CCN(CCP(c2ccccc2)c2ccccc2)Cc2ccccn2)c2ccccc2)cc1.c1ccc(P(CC[NH2+]CCP(c2ccccc2)c2ccccc2)c2ccccc2)cc1. The lowest BCUT2D eigenvalue weighted by Gasteiger charge is -2.28. The highest BCUT2D eigenvalue weighted by Gasteiger charge is 2.20. The highest BCUT2D eigenvalue weighted by molar-refractivity contribution is 9.08. The molecule has 0 fully saturated rings. The fourth-order valence-electron chi connectivity index (χ4n) is 9.06. The largest absolute Gasteiger partial charge is 1.00 e. The first kappa shape index (κ1) is 65.0. The van der Waals surface area contributed by atoms with Crippen molar-refractivity contribution in [2.45, 2.75) is 11.9 Å². The van der Waals surface area contributed by atoms with Gasteiger partial charge in [-0.25, -0.2) is 4.98 Å². The Morgan fingerprint density at radius 1 is 0.432 bits per heavy atom. The number of aromatic nitrogens is 2. The van der Waals surface area contributed by atoms with E-state index in [0.29, 0.717) is 0 Å². The number of alkyl halides is 2. The van der Waals surface area contributed by atoms with Crippen LogP contribution in [0.15, 0.2) is 291 Å². The van der Waals surface area contributed by atoms with E-state index >= 15 is 0 Å². The molecule has 0 atom stereocenters. The summed E-state index contributed by atoms with van der Waals surface area (Å²) in [5.41, 5.74) is 2.34. The predicted molar refractivity (Wildman–Crippen MR) is 350 cm³/mol. The number of nitrogens with one attached hydrogen (secondary N) is 1. The molecular formula is C69H74Br2ClFN4P4. The van der Waals surface area contributed by atoms with Gasteiger partial charge in [-0.3, -0.25) is 14.3 Å². The molecule has 0 unspecified atom stereocenters. The average Bonchev–Trinajstić information content (AvgIpc) is 3.59. The van der Waals surface area contributed by atoms with Gasteiger partial charge >= 0.3 is 0 Å². The maximum atomic E-state index is 9.96. The van der Waals surface area contributed by atoms with E-state index in [1.54, 1.807) is 0 Å². The van der Waals surface area contributed by atoms with Gasteiger partial charge in [-0.05, 0) is 98.6 Å². The number of rotatable bonds is 23. The van der Waals surface area contributed by atoms with E-state index in [2.05, 4.69) is 291 Å². The molecular weight excluding hydrogens is 1220 g/mol. The number of pyridine rings is 2. The van der Waals surface area contributed by atoms with Crippen LogP contribution in [0.1, 0.15) is 12.8 Å². The fourth-order valence-corrected chi connectivity index (χ4v) is 18.8. The molecule has 0 aliphatic heterocycles. The number of nitrogens with two attached hydrogens (primary N) is 1. The quantitative estimate of drug-likeness (QED) is 0.0490. The second kappa shape index (κ2) is 40.2. The molecule has 0 bridgehead atoms. The molecule has 10 rings (SSSR count). The smallest absolute Gasteiger partial charge is 0.190 e. The van der Waals surface area contributed by atoms with Crippen LogP contribution in [0.3, 0.4) is 0 Å². The number of benzene rings is 8. The van der Waals surface area contributed by atoms with Gasteiger partial charge in [0.1, 0.15) is 0 Å². The minimum absolute atomic E-state index is 0. The Labute approximate surface area is 514 Å². The van der Waals surface area contributed by atoms with Gasteiger partial charge in [0, 0.05) is 50.3 Å². The molecule has 0 aliphatic carbocycles. The second-order valence-corrected chi connectivity index (χ2v) is 28.2. The van der Waals surface area contributed by atoms with Crippen LogP contribution in [0.25, 0.3) is 0 Å². The summed E-state index contributed by atoms with van der Waals surface area (Å²) in [5.74, 6) is 0. The first-order valence-corrected chi connectivity index (χ1v) is 34.2. The van der Waals surface area contributed by atoms with Crippen LogP contribution in [0.4, 0.5) is 4.39 Å². The van der Waals surface area contributed by atoms with Gasteiger partial charge in [-0.2, -0.15) is 0 Å². The standard InChI is InChI=1S/C34H34N2P2.C28H29NP2.C6H6BrN.CH3F.BrH.ClH/c1-5-16-31(17-6-1)37(32-18-7-2-8-19-32)27-25-36(29-30-15-13-14-24-35-30)26-28-38(33-20-9-3-10-21-33)34-22-11-4-12-23-34;1-5-13-25(14-6-1)30(26-15-7-2-8-16-26)23-21-29-22-24-31(27-17-9-3-10-18-27)28-19-11-4-12-20-28;7-5-6-3-1-2-4-8-6;1-2;;/h1-24H,25-29H2;1-20,29H,21-24H2;1-4H,5H2;1H3;2*1H/i;;;1D;;. The molecule has 3 N–H and O–H groups in total. The van der Waals surface area contributed by atoms with Gasteiger partial charge in [0.2, 0.25) is 0 Å². The minimum Gasteiger partial charge on any atom is -1.00 e. The summed E-state index contributed by atoms with van der Waals surface area (Å²) in [7, 11) is -2.45. The van der Waals surface area contributed by atoms with Crippen LogP contribution in [-0.2, 0) is 11.9 Å². The number of hydrogen-bond acceptors (Lipinski definition) is 2. The third kappa shape index (κ3) is 23.2. The van der Waals surface area contributed by atoms with E-state index < -0.39 is 23.0 Å². The van der Waals surface area contributed by atoms with Crippen LogP contribution in [0.2, 0.25) is 0 Å². The third-order valence-electron chi connectivity index (χ3n) is 13.0. The van der Waals surface area contributed by atoms with Crippen molar-refractivity contribution in [3.63, 3.8) is 0 Å². The van der Waals surface area contributed by atoms with Crippen molar-refractivity contribution in [1.29, 1.82) is 0 Å². The molecule has 0 saturated carbocycles. The normalized spacial score (nSPS) is 10.7. The van der Waals surface area contributed by atoms with Crippen LogP contribution < -0.4 is 82.1 Å². The van der Waals surface area contributed by atoms with E-state index in [4.69, 9.17) is 1.37 Å². The summed E-state index contributed by atoms with van der Waals surface area (Å²) in [6.07, 6.45) is 8.53. The molecule has 2 aromatic heterocycles. The van der Waals surface area contributed by atoms with Crippen LogP contribution in [0, 0.1) is 0 Å². The monoisotopic (exact) mass is 1300 g/mol. The van der Waals surface area contributed by atoms with Gasteiger partial charge in [0.15, 0.2) is 11.9 Å². The van der Waals surface area contributed by atoms with Crippen molar-refractivity contribution in [2.24, 2.45) is 0 Å². The first-order valence-electron chi connectivity index (χ1n) is 27.7. The Bertz CT molecular complexity index is 2790. The lowest BCUT2D eigenvalue weighted by atomic mass is 10.3. The Hall–Kier alpha value is -5.12. The van der Waals surface area contributed by atoms with Crippen LogP contribution in [0.5, 0.6) is 0 Å². The molecule has 0 saturated heterocycles. The van der Waals surface area contributed by atoms with Gasteiger partial charge in [0.25, 0.3) is 0 Å². The summed E-state index contributed by atoms with van der Waals surface area (Å²) >= 11 is 3.33. The number of H-pyrrole nitrogens is 1. The zero-order valence-electron chi connectivity index (χ0n) is 46.8. The molecule has 10 aromatic rings. The molecule has 81 heavy (non-hydrogen) atoms. The minimum atomic E-state index is -1.00. The molecule has 2 heterocycles. The molecule has 8 aromatic carbocycles. The predicted octanol–water partition coefficient (Wildman–Crippen LogP) is 5.95. The van der Waals surface area contributed by atoms with E-state index in [1.807, 2.05) is 36.7 Å². The topological polar surface area (TPSA) is 46.9 Å². The Morgan fingerprint density at radius 3 is 0.963 bits per heavy atom. The van der Waals surface area contributed by atoms with Gasteiger partial charge in [0.05, 0.1) is 32.6 Å². The van der Waals surface area contributed by atoms with Gasteiger partial charge in [-0.1, -0.05) is 271 Å². The number of quaternary nitrogens is 1. The van der Waals surface area contributed by atoms with E-state index in [9.17, 15) is 4.39 Å². The van der Waals surface area contributed by atoms with Crippen molar-refractivity contribution < 1.29 is 45.5 Å². The number of nitrogens with zero attached hydrogens (tertiary/aromatic N) is 2. The molecule has 418 valence electrons. The maximum Gasteiger partial charge on any atom is 0.190 e. The van der Waals surface area contributed by atoms with Crippen molar-refractivity contribution in [2.75, 3.05) is 58.0 Å². The van der Waals surface area contributed by atoms with E-state index in [1.165, 1.54) is 73.5 Å². The first-order chi connectivity index (χ1) is 39.6. The van der Waals surface area contributed by atoms with E-state index in [-0.39, 0.29) is 45.2 Å². The number of hydrogen-bond donors (Lipinski definition) is 1. The van der Waals surface area contributed by atoms with Crippen molar-refractivity contribution >= 4 is 90.1 Å². The molecule has 0 aliphatic rings. The second-order valence-electron chi connectivity index (χ2n) is 18.3. The lowest BCUT2D eigenvalue weighted by Crippen LogP contribution is -3.00. The third-order valence-corrected chi connectivity index (χ3v) is 23.6. The zero-order valence-corrected chi connectivity index (χ0v) is 53.3. The summed E-state index contributed by atoms with van der Waals surface area (Å²) in [5, 5.41) is 15.1. The average molecular weight is 1300 g/mol. The Morgan fingerprint density at radius 2 is 0.716 bits per heavy atom. The molecule has 4 nitrogen and oxygen atoms in total. The molecule has 0 spiro atoms. The highest BCUT2D eigenvalue weighted by atomic mass is 79.9. The molecule has 0 radical (unpaired) electrons. The molecule has 0 amide bonds. The van der Waals surface area contributed by atoms with Gasteiger partial charge in [-0.15, -0.1) is 0 Å². The summed E-state index contributed by atoms with van der Waals surface area (Å²) in [6.45, 7) is 5.29. The summed E-state index contributed by atoms with van der Waals surface area (Å²) in [6, 6.07) is 101. The van der Waals surface area contributed by atoms with Gasteiger partial charge < -0.3 is 34.7 Å². The van der Waals surface area contributed by atoms with Crippen LogP contribution >= 0.6 is 47.6 Å². The van der Waals surface area contributed by atoms with Crippen molar-refractivity contribution in [3.8, 4) is 0 Å². The Balaban J connectivity index is 0.000000251. The van der Waals surface area contributed by atoms with E-state index in [0.717, 1.165) is 43.0 Å². The Kier molecular flexibility index (Phi) is 32.2. The number of halogens is 4. The van der Waals surface area contributed by atoms with Crippen LogP contribution in [-0.4, -0.2) is 67.9 Å². The van der Waals surface area contributed by atoms with Crippen molar-refractivity contribution in [1.82, 2.24) is 9.88 Å². The lowest BCUT2D eigenvalue weighted by molar-refractivity contribution is -0.646. The summed E-state index contributed by atoms with van der Waals surface area (Å²) in [4.78, 5) is 10.4. The zero-order chi connectivity index (χ0) is 55.5. The summed E-state index contributed by atoms with van der Waals surface area (Å²) < 4.78 is 15.5. The van der Waals surface area contributed by atoms with Crippen molar-refractivity contribution in [3.05, 3.63) is 303 Å². The fraction of sp³-hybridized carbons (Fsp3) is 0.159. The molecule has 12 heteroatoms. The highest BCUT2D eigenvalue weighted by Crippen LogP contribution is 2.36.